The number of halogens is 1. The van der Waals surface area contributed by atoms with Gasteiger partial charge in [-0.25, -0.2) is 0 Å². The molecule has 0 aliphatic heterocycles. The summed E-state index contributed by atoms with van der Waals surface area (Å²) in [7, 11) is 0. The maximum atomic E-state index is 11.7. The molecule has 0 heterocycles. The van der Waals surface area contributed by atoms with Crippen molar-refractivity contribution in [3.8, 4) is 5.75 Å². The molecule has 0 bridgehead atoms. The van der Waals surface area contributed by atoms with E-state index in [0.717, 1.165) is 19.1 Å². The maximum absolute atomic E-state index is 11.7. The predicted molar refractivity (Wildman–Crippen MR) is 75.4 cm³/mol. The van der Waals surface area contributed by atoms with Crippen LogP contribution < -0.4 is 10.1 Å². The second kappa shape index (κ2) is 6.70. The van der Waals surface area contributed by atoms with E-state index in [1.54, 1.807) is 18.2 Å². The van der Waals surface area contributed by atoms with Gasteiger partial charge in [0.05, 0.1) is 0 Å². The summed E-state index contributed by atoms with van der Waals surface area (Å²) in [6.45, 7) is -0.0174. The predicted octanol–water partition coefficient (Wildman–Crippen LogP) is 2.70. The maximum Gasteiger partial charge on any atom is 0.258 e. The molecule has 102 valence electrons. The lowest BCUT2D eigenvalue weighted by Crippen LogP contribution is -2.36. The second-order valence-corrected chi connectivity index (χ2v) is 5.49. The molecule has 1 amide bonds. The van der Waals surface area contributed by atoms with E-state index in [4.69, 9.17) is 4.74 Å². The van der Waals surface area contributed by atoms with Crippen molar-refractivity contribution in [3.05, 3.63) is 28.2 Å². The van der Waals surface area contributed by atoms with Crippen LogP contribution in [0.1, 0.15) is 36.0 Å². The Bertz CT molecular complexity index is 470. The van der Waals surface area contributed by atoms with E-state index >= 15 is 0 Å². The Morgan fingerprint density at radius 2 is 2.16 bits per heavy atom. The quantitative estimate of drug-likeness (QED) is 0.847. The lowest BCUT2D eigenvalue weighted by Gasteiger charge is -2.12. The normalized spacial score (nSPS) is 15.2. The van der Waals surface area contributed by atoms with Crippen LogP contribution in [0.5, 0.6) is 5.75 Å². The standard InChI is InChI=1S/C14H16BrNO3/c15-13-6-5-12(7-10(13)8-17)19-9-14(18)16-11-3-1-2-4-11/h5-8,11H,1-4,9H2,(H,16,18). The number of aldehydes is 1. The van der Waals surface area contributed by atoms with Gasteiger partial charge in [-0.1, -0.05) is 28.8 Å². The van der Waals surface area contributed by atoms with Crippen LogP contribution in [0, 0.1) is 0 Å². The van der Waals surface area contributed by atoms with Crippen LogP contribution in [-0.2, 0) is 4.79 Å². The first-order chi connectivity index (χ1) is 9.19. The van der Waals surface area contributed by atoms with E-state index in [0.29, 0.717) is 21.8 Å². The van der Waals surface area contributed by atoms with Gasteiger partial charge >= 0.3 is 0 Å². The fourth-order valence-electron chi connectivity index (χ4n) is 2.19. The summed E-state index contributed by atoms with van der Waals surface area (Å²) in [5.74, 6) is 0.411. The highest BCUT2D eigenvalue weighted by atomic mass is 79.9. The summed E-state index contributed by atoms with van der Waals surface area (Å²) in [4.78, 5) is 22.5. The lowest BCUT2D eigenvalue weighted by molar-refractivity contribution is -0.123. The average molecular weight is 326 g/mol. The van der Waals surface area contributed by atoms with Crippen molar-refractivity contribution in [1.29, 1.82) is 0 Å². The molecule has 0 radical (unpaired) electrons. The molecule has 2 rings (SSSR count). The minimum Gasteiger partial charge on any atom is -0.484 e. The molecule has 1 fully saturated rings. The van der Waals surface area contributed by atoms with Crippen LogP contribution >= 0.6 is 15.9 Å². The Balaban J connectivity index is 1.84. The molecular formula is C14H16BrNO3. The lowest BCUT2D eigenvalue weighted by atomic mass is 10.2. The van der Waals surface area contributed by atoms with Crippen LogP contribution in [0.3, 0.4) is 0 Å². The smallest absolute Gasteiger partial charge is 0.258 e. The van der Waals surface area contributed by atoms with Gasteiger partial charge in [0.15, 0.2) is 12.9 Å². The Morgan fingerprint density at radius 3 is 2.84 bits per heavy atom. The molecular weight excluding hydrogens is 310 g/mol. The van der Waals surface area contributed by atoms with E-state index in [1.807, 2.05) is 0 Å². The topological polar surface area (TPSA) is 55.4 Å². The first-order valence-electron chi connectivity index (χ1n) is 6.36. The fraction of sp³-hybridized carbons (Fsp3) is 0.429. The number of carbonyl (C=O) groups is 2. The number of hydrogen-bond acceptors (Lipinski definition) is 3. The van der Waals surface area contributed by atoms with Gasteiger partial charge in [-0.15, -0.1) is 0 Å². The first kappa shape index (κ1) is 14.1. The molecule has 1 aromatic carbocycles. The van der Waals surface area contributed by atoms with Gasteiger partial charge in [0.1, 0.15) is 5.75 Å². The highest BCUT2D eigenvalue weighted by Crippen LogP contribution is 2.21. The van der Waals surface area contributed by atoms with Crippen LogP contribution in [0.15, 0.2) is 22.7 Å². The number of amides is 1. The molecule has 1 aromatic rings. The van der Waals surface area contributed by atoms with Crippen molar-refractivity contribution in [2.24, 2.45) is 0 Å². The summed E-state index contributed by atoms with van der Waals surface area (Å²) in [6, 6.07) is 5.36. The van der Waals surface area contributed by atoms with Gasteiger partial charge in [0.2, 0.25) is 0 Å². The largest absolute Gasteiger partial charge is 0.484 e. The average Bonchev–Trinajstić information content (AvgIpc) is 2.90. The van der Waals surface area contributed by atoms with E-state index < -0.39 is 0 Å². The number of rotatable bonds is 5. The fourth-order valence-corrected chi connectivity index (χ4v) is 2.53. The molecule has 0 aromatic heterocycles. The van der Waals surface area contributed by atoms with Crippen LogP contribution in [0.4, 0.5) is 0 Å². The zero-order valence-electron chi connectivity index (χ0n) is 10.5. The summed E-state index contributed by atoms with van der Waals surface area (Å²) < 4.78 is 6.10. The Morgan fingerprint density at radius 1 is 1.42 bits per heavy atom. The third-order valence-electron chi connectivity index (χ3n) is 3.18. The van der Waals surface area contributed by atoms with Crippen molar-refractivity contribution in [1.82, 2.24) is 5.32 Å². The monoisotopic (exact) mass is 325 g/mol. The van der Waals surface area contributed by atoms with Crippen molar-refractivity contribution in [2.75, 3.05) is 6.61 Å². The molecule has 1 N–H and O–H groups in total. The number of ether oxygens (including phenoxy) is 1. The zero-order valence-corrected chi connectivity index (χ0v) is 12.1. The van der Waals surface area contributed by atoms with Gasteiger partial charge in [-0.05, 0) is 31.0 Å². The summed E-state index contributed by atoms with van der Waals surface area (Å²) in [5.41, 5.74) is 0.508. The Hall–Kier alpha value is -1.36. The highest BCUT2D eigenvalue weighted by Gasteiger charge is 2.17. The van der Waals surface area contributed by atoms with Gasteiger partial charge in [-0.2, -0.15) is 0 Å². The molecule has 19 heavy (non-hydrogen) atoms. The summed E-state index contributed by atoms with van der Waals surface area (Å²) >= 11 is 3.26. The zero-order chi connectivity index (χ0) is 13.7. The number of carbonyl (C=O) groups excluding carboxylic acids is 2. The van der Waals surface area contributed by atoms with Crippen molar-refractivity contribution >= 4 is 28.1 Å². The number of nitrogens with one attached hydrogen (secondary N) is 1. The van der Waals surface area contributed by atoms with E-state index in [2.05, 4.69) is 21.2 Å². The van der Waals surface area contributed by atoms with Gasteiger partial charge in [0, 0.05) is 16.1 Å². The van der Waals surface area contributed by atoms with Crippen molar-refractivity contribution < 1.29 is 14.3 Å². The third kappa shape index (κ3) is 4.06. The summed E-state index contributed by atoms with van der Waals surface area (Å²) in [5, 5.41) is 2.95. The first-order valence-corrected chi connectivity index (χ1v) is 7.15. The molecule has 1 saturated carbocycles. The van der Waals surface area contributed by atoms with E-state index in [-0.39, 0.29) is 12.5 Å². The molecule has 0 unspecified atom stereocenters. The number of hydrogen-bond donors (Lipinski definition) is 1. The van der Waals surface area contributed by atoms with Crippen LogP contribution in [0.2, 0.25) is 0 Å². The Labute approximate surface area is 120 Å². The van der Waals surface area contributed by atoms with Crippen molar-refractivity contribution in [3.63, 3.8) is 0 Å². The second-order valence-electron chi connectivity index (χ2n) is 4.64. The van der Waals surface area contributed by atoms with E-state index in [1.165, 1.54) is 12.8 Å². The molecule has 1 aliphatic carbocycles. The minimum atomic E-state index is -0.109. The molecule has 0 atom stereocenters. The molecule has 1 aliphatic rings. The van der Waals surface area contributed by atoms with Crippen LogP contribution in [-0.4, -0.2) is 24.8 Å². The number of benzene rings is 1. The third-order valence-corrected chi connectivity index (χ3v) is 3.91. The molecule has 4 nitrogen and oxygen atoms in total. The SMILES string of the molecule is O=Cc1cc(OCC(=O)NC2CCCC2)ccc1Br. The minimum absolute atomic E-state index is 0.0174. The highest BCUT2D eigenvalue weighted by molar-refractivity contribution is 9.10. The van der Waals surface area contributed by atoms with Crippen molar-refractivity contribution in [2.45, 2.75) is 31.7 Å². The molecule has 5 heteroatoms. The van der Waals surface area contributed by atoms with Crippen LogP contribution in [0.25, 0.3) is 0 Å². The van der Waals surface area contributed by atoms with Gasteiger partial charge in [0.25, 0.3) is 5.91 Å². The Kier molecular flexibility index (Phi) is 4.96. The summed E-state index contributed by atoms with van der Waals surface area (Å²) in [6.07, 6.45) is 5.22. The van der Waals surface area contributed by atoms with Gasteiger partial charge < -0.3 is 10.1 Å². The van der Waals surface area contributed by atoms with E-state index in [9.17, 15) is 9.59 Å². The molecule has 0 saturated heterocycles. The molecule has 0 spiro atoms. The van der Waals surface area contributed by atoms with Gasteiger partial charge in [-0.3, -0.25) is 9.59 Å².